The number of piperidine rings is 1. The van der Waals surface area contributed by atoms with Crippen molar-refractivity contribution in [1.82, 2.24) is 14.9 Å². The van der Waals surface area contributed by atoms with Gasteiger partial charge in [-0.05, 0) is 39.3 Å². The maximum Gasteiger partial charge on any atom is 0.134 e. The molecule has 1 aromatic heterocycles. The zero-order valence-electron chi connectivity index (χ0n) is 12.7. The monoisotopic (exact) mass is 277 g/mol. The minimum Gasteiger partial charge on any atom is -0.383 e. The number of likely N-dealkylation sites (tertiary alicyclic amines) is 1. The molecule has 5 heteroatoms. The molecule has 0 saturated carbocycles. The molecule has 112 valence electrons. The highest BCUT2D eigenvalue weighted by Crippen LogP contribution is 2.19. The van der Waals surface area contributed by atoms with Crippen molar-refractivity contribution in [2.75, 3.05) is 30.7 Å². The molecular formula is C15H27N5. The molecule has 0 amide bonds. The molecule has 20 heavy (non-hydrogen) atoms. The first-order chi connectivity index (χ1) is 9.72. The Morgan fingerprint density at radius 2 is 2.05 bits per heavy atom. The SMILES string of the molecule is CCCc1c(N)ncnc1NCC(C)N1CCCCC1. The second-order valence-electron chi connectivity index (χ2n) is 5.66. The minimum atomic E-state index is 0.529. The molecule has 2 rings (SSSR count). The zero-order valence-corrected chi connectivity index (χ0v) is 12.7. The van der Waals surface area contributed by atoms with Gasteiger partial charge in [-0.1, -0.05) is 19.8 Å². The van der Waals surface area contributed by atoms with E-state index >= 15 is 0 Å². The molecule has 0 bridgehead atoms. The predicted octanol–water partition coefficient (Wildman–Crippen LogP) is 2.30. The summed E-state index contributed by atoms with van der Waals surface area (Å²) >= 11 is 0. The highest BCUT2D eigenvalue weighted by atomic mass is 15.2. The van der Waals surface area contributed by atoms with Crippen molar-refractivity contribution in [3.63, 3.8) is 0 Å². The van der Waals surface area contributed by atoms with Crippen LogP contribution in [0.1, 0.15) is 45.1 Å². The van der Waals surface area contributed by atoms with E-state index in [1.807, 2.05) is 0 Å². The summed E-state index contributed by atoms with van der Waals surface area (Å²) in [6.45, 7) is 7.77. The van der Waals surface area contributed by atoms with Crippen LogP contribution in [0.2, 0.25) is 0 Å². The Labute approximate surface area is 122 Å². The third-order valence-electron chi connectivity index (χ3n) is 4.06. The van der Waals surface area contributed by atoms with Gasteiger partial charge in [0, 0.05) is 18.2 Å². The van der Waals surface area contributed by atoms with Crippen molar-refractivity contribution in [2.24, 2.45) is 0 Å². The molecule has 1 saturated heterocycles. The van der Waals surface area contributed by atoms with E-state index in [1.165, 1.54) is 32.4 Å². The molecule has 1 fully saturated rings. The Bertz CT molecular complexity index is 415. The van der Waals surface area contributed by atoms with E-state index in [0.717, 1.165) is 30.8 Å². The van der Waals surface area contributed by atoms with Crippen LogP contribution in [0.3, 0.4) is 0 Å². The van der Waals surface area contributed by atoms with Crippen molar-refractivity contribution in [2.45, 2.75) is 52.0 Å². The lowest BCUT2D eigenvalue weighted by Crippen LogP contribution is -2.41. The molecule has 0 spiro atoms. The molecular weight excluding hydrogens is 250 g/mol. The fourth-order valence-electron chi connectivity index (χ4n) is 2.81. The predicted molar refractivity (Wildman–Crippen MR) is 83.8 cm³/mol. The van der Waals surface area contributed by atoms with Gasteiger partial charge in [0.15, 0.2) is 0 Å². The normalized spacial score (nSPS) is 17.9. The molecule has 1 unspecified atom stereocenters. The van der Waals surface area contributed by atoms with Crippen LogP contribution in [-0.4, -0.2) is 40.5 Å². The van der Waals surface area contributed by atoms with Crippen LogP contribution in [0, 0.1) is 0 Å². The highest BCUT2D eigenvalue weighted by molar-refractivity contribution is 5.55. The Kier molecular flexibility index (Phi) is 5.59. The number of hydrogen-bond donors (Lipinski definition) is 2. The molecule has 2 heterocycles. The second kappa shape index (κ2) is 7.43. The fraction of sp³-hybridized carbons (Fsp3) is 0.733. The number of nitrogen functional groups attached to an aromatic ring is 1. The van der Waals surface area contributed by atoms with E-state index in [1.54, 1.807) is 6.33 Å². The maximum absolute atomic E-state index is 5.96. The standard InChI is InChI=1S/C15H27N5/c1-3-7-13-14(16)18-11-19-15(13)17-10-12(2)20-8-5-4-6-9-20/h11-12H,3-10H2,1-2H3,(H3,16,17,18,19). The Morgan fingerprint density at radius 3 is 2.75 bits per heavy atom. The first-order valence-corrected chi connectivity index (χ1v) is 7.79. The van der Waals surface area contributed by atoms with E-state index in [0.29, 0.717) is 11.9 Å². The van der Waals surface area contributed by atoms with Gasteiger partial charge < -0.3 is 11.1 Å². The topological polar surface area (TPSA) is 67.1 Å². The lowest BCUT2D eigenvalue weighted by atomic mass is 10.1. The van der Waals surface area contributed by atoms with Crippen LogP contribution in [-0.2, 0) is 6.42 Å². The van der Waals surface area contributed by atoms with Gasteiger partial charge in [0.25, 0.3) is 0 Å². The quantitative estimate of drug-likeness (QED) is 0.835. The summed E-state index contributed by atoms with van der Waals surface area (Å²) in [4.78, 5) is 11.0. The average Bonchev–Trinajstić information content (AvgIpc) is 2.48. The summed E-state index contributed by atoms with van der Waals surface area (Å²) in [6, 6.07) is 0.529. The summed E-state index contributed by atoms with van der Waals surface area (Å²) in [7, 11) is 0. The van der Waals surface area contributed by atoms with Crippen LogP contribution in [0.5, 0.6) is 0 Å². The summed E-state index contributed by atoms with van der Waals surface area (Å²) in [5.41, 5.74) is 7.01. The van der Waals surface area contributed by atoms with Crippen LogP contribution in [0.25, 0.3) is 0 Å². The van der Waals surface area contributed by atoms with Crippen LogP contribution in [0.15, 0.2) is 6.33 Å². The van der Waals surface area contributed by atoms with Crippen molar-refractivity contribution >= 4 is 11.6 Å². The molecule has 3 N–H and O–H groups in total. The second-order valence-corrected chi connectivity index (χ2v) is 5.66. The van der Waals surface area contributed by atoms with E-state index < -0.39 is 0 Å². The van der Waals surface area contributed by atoms with Crippen LogP contribution >= 0.6 is 0 Å². The zero-order chi connectivity index (χ0) is 14.4. The molecule has 1 atom stereocenters. The highest BCUT2D eigenvalue weighted by Gasteiger charge is 2.17. The van der Waals surface area contributed by atoms with Gasteiger partial charge >= 0.3 is 0 Å². The summed E-state index contributed by atoms with van der Waals surface area (Å²) in [6.07, 6.45) is 7.54. The number of nitrogens with zero attached hydrogens (tertiary/aromatic N) is 3. The lowest BCUT2D eigenvalue weighted by molar-refractivity contribution is 0.180. The Hall–Kier alpha value is -1.36. The number of rotatable bonds is 6. The first kappa shape index (κ1) is 15.0. The molecule has 1 aliphatic rings. The van der Waals surface area contributed by atoms with Gasteiger partial charge in [0.1, 0.15) is 18.0 Å². The van der Waals surface area contributed by atoms with Gasteiger partial charge in [-0.25, -0.2) is 9.97 Å². The molecule has 0 aromatic carbocycles. The van der Waals surface area contributed by atoms with E-state index in [9.17, 15) is 0 Å². The maximum atomic E-state index is 5.96. The molecule has 1 aromatic rings. The third-order valence-corrected chi connectivity index (χ3v) is 4.06. The summed E-state index contributed by atoms with van der Waals surface area (Å²) < 4.78 is 0. The lowest BCUT2D eigenvalue weighted by Gasteiger charge is -2.32. The van der Waals surface area contributed by atoms with Crippen molar-refractivity contribution in [3.05, 3.63) is 11.9 Å². The van der Waals surface area contributed by atoms with Crippen molar-refractivity contribution < 1.29 is 0 Å². The first-order valence-electron chi connectivity index (χ1n) is 7.79. The summed E-state index contributed by atoms with van der Waals surface area (Å²) in [5, 5.41) is 3.46. The van der Waals surface area contributed by atoms with Gasteiger partial charge in [-0.2, -0.15) is 0 Å². The van der Waals surface area contributed by atoms with E-state index in [4.69, 9.17) is 5.73 Å². The molecule has 0 radical (unpaired) electrons. The largest absolute Gasteiger partial charge is 0.383 e. The van der Waals surface area contributed by atoms with Crippen molar-refractivity contribution in [1.29, 1.82) is 0 Å². The van der Waals surface area contributed by atoms with E-state index in [2.05, 4.69) is 34.0 Å². The fourth-order valence-corrected chi connectivity index (χ4v) is 2.81. The number of hydrogen-bond acceptors (Lipinski definition) is 5. The molecule has 5 nitrogen and oxygen atoms in total. The van der Waals surface area contributed by atoms with Gasteiger partial charge in [-0.15, -0.1) is 0 Å². The molecule has 1 aliphatic heterocycles. The number of aromatic nitrogens is 2. The average molecular weight is 277 g/mol. The summed E-state index contributed by atoms with van der Waals surface area (Å²) in [5.74, 6) is 1.51. The Balaban J connectivity index is 1.94. The number of nitrogens with two attached hydrogens (primary N) is 1. The minimum absolute atomic E-state index is 0.529. The van der Waals surface area contributed by atoms with Gasteiger partial charge in [0.05, 0.1) is 0 Å². The third kappa shape index (κ3) is 3.82. The van der Waals surface area contributed by atoms with Gasteiger partial charge in [0.2, 0.25) is 0 Å². The Morgan fingerprint density at radius 1 is 1.30 bits per heavy atom. The van der Waals surface area contributed by atoms with Crippen LogP contribution < -0.4 is 11.1 Å². The number of anilines is 2. The van der Waals surface area contributed by atoms with Crippen molar-refractivity contribution in [3.8, 4) is 0 Å². The smallest absolute Gasteiger partial charge is 0.134 e. The van der Waals surface area contributed by atoms with Gasteiger partial charge in [-0.3, -0.25) is 4.90 Å². The number of nitrogens with one attached hydrogen (secondary N) is 1. The van der Waals surface area contributed by atoms with Crippen LogP contribution in [0.4, 0.5) is 11.6 Å². The molecule has 0 aliphatic carbocycles. The van der Waals surface area contributed by atoms with E-state index in [-0.39, 0.29) is 0 Å².